The number of hydrogen-bond acceptors (Lipinski definition) is 6. The summed E-state index contributed by atoms with van der Waals surface area (Å²) >= 11 is -0.0845. The third kappa shape index (κ3) is 9.68. The fraction of sp³-hybridized carbons (Fsp3) is 0.113. The Balaban J connectivity index is 0.000000188. The summed E-state index contributed by atoms with van der Waals surface area (Å²) in [7, 11) is 0. The van der Waals surface area contributed by atoms with Crippen LogP contribution in [0.5, 0.6) is 0 Å². The number of carbonyl (C=O) groups excluding carboxylic acids is 1. The summed E-state index contributed by atoms with van der Waals surface area (Å²) in [6, 6.07) is 58.3. The Morgan fingerprint density at radius 2 is 1.38 bits per heavy atom. The van der Waals surface area contributed by atoms with Crippen LogP contribution < -0.4 is 4.40 Å². The molecule has 0 saturated carbocycles. The Kier molecular flexibility index (Phi) is 13.6. The van der Waals surface area contributed by atoms with E-state index < -0.39 is 19.2 Å². The molecule has 3 aromatic heterocycles. The van der Waals surface area contributed by atoms with Crippen LogP contribution >= 0.6 is 11.3 Å². The molecule has 3 heterocycles. The molecule has 6 aromatic carbocycles. The molecule has 0 atom stereocenters. The molecule has 9 aromatic rings. The van der Waals surface area contributed by atoms with E-state index in [9.17, 15) is 4.79 Å². The minimum atomic E-state index is -1.91. The minimum Gasteiger partial charge on any atom is 0 e. The molecule has 0 amide bonds. The zero-order valence-electron chi connectivity index (χ0n) is 34.6. The van der Waals surface area contributed by atoms with Crippen LogP contribution in [-0.4, -0.2) is 34.5 Å². The van der Waals surface area contributed by atoms with Gasteiger partial charge in [-0.05, 0) is 68.2 Å². The van der Waals surface area contributed by atoms with E-state index in [1.165, 1.54) is 58.5 Å². The number of hydrogen-bond donors (Lipinski definition) is 1. The van der Waals surface area contributed by atoms with Gasteiger partial charge in [0.05, 0.1) is 0 Å². The van der Waals surface area contributed by atoms with Crippen molar-refractivity contribution in [3.8, 4) is 55.9 Å². The molecular weight excluding hydrogens is 1010 g/mol. The number of benzene rings is 6. The van der Waals surface area contributed by atoms with Gasteiger partial charge in [0.15, 0.2) is 0 Å². The number of thiophene rings is 1. The summed E-state index contributed by atoms with van der Waals surface area (Å²) in [6.07, 6.45) is 3.86. The van der Waals surface area contributed by atoms with Crippen LogP contribution in [0.25, 0.3) is 76.1 Å². The molecule has 0 aliphatic rings. The molecule has 0 fully saturated rings. The molecule has 8 heteroatoms. The molecule has 5 nitrogen and oxygen atoms in total. The van der Waals surface area contributed by atoms with Crippen LogP contribution in [0.4, 0.5) is 0 Å². The summed E-state index contributed by atoms with van der Waals surface area (Å²) < 4.78 is 3.87. The van der Waals surface area contributed by atoms with Gasteiger partial charge in [-0.15, -0.1) is 23.8 Å². The molecule has 305 valence electrons. The normalized spacial score (nSPS) is 11.2. The summed E-state index contributed by atoms with van der Waals surface area (Å²) in [5.74, 6) is 6.64. The van der Waals surface area contributed by atoms with Crippen molar-refractivity contribution >= 4 is 55.1 Å². The maximum Gasteiger partial charge on any atom is 0 e. The Hall–Kier alpha value is -5.54. The van der Waals surface area contributed by atoms with Crippen LogP contribution in [0.2, 0.25) is 17.3 Å². The quantitative estimate of drug-likeness (QED) is 0.0710. The molecule has 61 heavy (non-hydrogen) atoms. The molecular formula is C53H44GeIrN2O3S-2. The monoisotopic (exact) mass is 1060 g/mol. The average molecular weight is 1050 g/mol. The van der Waals surface area contributed by atoms with E-state index in [-0.39, 0.29) is 25.7 Å². The van der Waals surface area contributed by atoms with Crippen molar-refractivity contribution in [1.82, 2.24) is 9.97 Å². The Bertz CT molecular complexity index is 2950. The molecule has 1 radical (unpaired) electrons. The number of nitrogens with zero attached hydrogens (tertiary/aromatic N) is 2. The van der Waals surface area contributed by atoms with Gasteiger partial charge in [0, 0.05) is 31.0 Å². The van der Waals surface area contributed by atoms with E-state index in [4.69, 9.17) is 10.2 Å². The number of rotatable bonds is 8. The molecule has 0 aliphatic carbocycles. The van der Waals surface area contributed by atoms with Crippen molar-refractivity contribution in [3.05, 3.63) is 187 Å². The fourth-order valence-corrected chi connectivity index (χ4v) is 10.6. The minimum absolute atomic E-state index is 0. The molecule has 0 saturated heterocycles. The van der Waals surface area contributed by atoms with Crippen LogP contribution in [0.15, 0.2) is 164 Å². The predicted octanol–water partition coefficient (Wildman–Crippen LogP) is 13.8. The Labute approximate surface area is 377 Å². The van der Waals surface area contributed by atoms with Crippen molar-refractivity contribution in [2.24, 2.45) is 0 Å². The average Bonchev–Trinajstić information content (AvgIpc) is 3.67. The second-order valence-corrected chi connectivity index (χ2v) is 27.8. The zero-order chi connectivity index (χ0) is 41.8. The largest absolute Gasteiger partial charge is 0 e. The summed E-state index contributed by atoms with van der Waals surface area (Å²) in [6.45, 7) is 4.44. The SMILES string of the molecule is CC(C)c1ccnc(-c2[c-]ccc3c2sc2ccc(-c4cccc(-c5ccccc5)c4)cc23)c1.[CH3][Ge]([CH3])([CH3])[c]1ccc(-c2[c-]cc(C(=O)OO)c(-c3ccccc3)c2)nc1.[Ir]. The first kappa shape index (κ1) is 43.5. The van der Waals surface area contributed by atoms with Crippen molar-refractivity contribution in [2.75, 3.05) is 0 Å². The fourth-order valence-electron chi connectivity index (χ4n) is 7.27. The second-order valence-electron chi connectivity index (χ2n) is 16.1. The number of pyridine rings is 2. The van der Waals surface area contributed by atoms with Gasteiger partial charge in [-0.25, -0.2) is 0 Å². The second kappa shape index (κ2) is 19.0. The van der Waals surface area contributed by atoms with E-state index >= 15 is 0 Å². The van der Waals surface area contributed by atoms with Crippen LogP contribution in [0.3, 0.4) is 0 Å². The van der Waals surface area contributed by atoms with Gasteiger partial charge < -0.3 is 4.98 Å². The molecule has 0 unspecified atom stereocenters. The van der Waals surface area contributed by atoms with E-state index in [1.54, 1.807) is 0 Å². The predicted molar refractivity (Wildman–Crippen MR) is 251 cm³/mol. The first-order valence-corrected chi connectivity index (χ1v) is 28.2. The third-order valence-electron chi connectivity index (χ3n) is 10.7. The van der Waals surface area contributed by atoms with Gasteiger partial charge in [-0.2, -0.15) is 11.3 Å². The molecule has 0 aliphatic heterocycles. The first-order chi connectivity index (χ1) is 29.1. The molecule has 9 rings (SSSR count). The maximum absolute atomic E-state index is 11.9. The standard InChI is InChI=1S/C32H24NS.C21H20GeNO3.Ir/c1-21(2)23-16-17-33-30(20-23)28-13-7-12-27-29-19-26(14-15-31(29)34-32(27)28)25-11-6-10-24(18-25)22-8-4-3-5-9-22;1-22(2,3)17-10-12-20(23-14-17)16-9-11-18(21(24)26-25)19(13-16)15-7-5-4-6-8-15;/h3-12,14-21H,1-2H3;4-8,10-14,25H,1-3H3;/q2*-1;. The van der Waals surface area contributed by atoms with Gasteiger partial charge in [0.1, 0.15) is 0 Å². The van der Waals surface area contributed by atoms with Crippen LogP contribution in [-0.2, 0) is 25.0 Å². The van der Waals surface area contributed by atoms with Gasteiger partial charge >= 0.3 is 156 Å². The van der Waals surface area contributed by atoms with Gasteiger partial charge in [-0.1, -0.05) is 85.5 Å². The molecule has 0 spiro atoms. The van der Waals surface area contributed by atoms with Crippen molar-refractivity contribution < 1.29 is 35.0 Å². The number of fused-ring (bicyclic) bond motifs is 3. The van der Waals surface area contributed by atoms with Gasteiger partial charge in [-0.3, -0.25) is 0 Å². The van der Waals surface area contributed by atoms with E-state index in [1.807, 2.05) is 72.3 Å². The third-order valence-corrected chi connectivity index (χ3v) is 16.1. The smallest absolute Gasteiger partial charge is 0 e. The van der Waals surface area contributed by atoms with E-state index in [0.29, 0.717) is 11.5 Å². The van der Waals surface area contributed by atoms with Crippen molar-refractivity contribution in [3.63, 3.8) is 0 Å². The maximum atomic E-state index is 11.9. The van der Waals surface area contributed by atoms with E-state index in [0.717, 1.165) is 28.1 Å². The summed E-state index contributed by atoms with van der Waals surface area (Å²) in [5, 5.41) is 11.3. The summed E-state index contributed by atoms with van der Waals surface area (Å²) in [5.41, 5.74) is 11.7. The van der Waals surface area contributed by atoms with Gasteiger partial charge in [0.25, 0.3) is 0 Å². The van der Waals surface area contributed by atoms with Crippen molar-refractivity contribution in [1.29, 1.82) is 0 Å². The van der Waals surface area contributed by atoms with Crippen LogP contribution in [0, 0.1) is 12.1 Å². The van der Waals surface area contributed by atoms with Crippen LogP contribution in [0.1, 0.15) is 35.7 Å². The molecule has 0 bridgehead atoms. The van der Waals surface area contributed by atoms with Crippen molar-refractivity contribution in [2.45, 2.75) is 37.0 Å². The summed E-state index contributed by atoms with van der Waals surface area (Å²) in [4.78, 5) is 25.1. The Morgan fingerprint density at radius 1 is 0.689 bits per heavy atom. The number of carbonyl (C=O) groups is 1. The molecule has 1 N–H and O–H groups in total. The number of aromatic nitrogens is 2. The van der Waals surface area contributed by atoms with Gasteiger partial charge in [0.2, 0.25) is 0 Å². The first-order valence-electron chi connectivity index (χ1n) is 20.0. The Morgan fingerprint density at radius 3 is 2.05 bits per heavy atom. The van der Waals surface area contributed by atoms with E-state index in [2.05, 4.69) is 150 Å². The zero-order valence-corrected chi connectivity index (χ0v) is 39.9. The topological polar surface area (TPSA) is 72.3 Å².